The van der Waals surface area contributed by atoms with Crippen LogP contribution >= 0.6 is 0 Å². The van der Waals surface area contributed by atoms with Gasteiger partial charge >= 0.3 is 5.97 Å². The summed E-state index contributed by atoms with van der Waals surface area (Å²) in [5.41, 5.74) is 2.18. The Morgan fingerprint density at radius 3 is 2.81 bits per heavy atom. The van der Waals surface area contributed by atoms with E-state index in [-0.39, 0.29) is 12.3 Å². The highest BCUT2D eigenvalue weighted by molar-refractivity contribution is 5.68. The van der Waals surface area contributed by atoms with Crippen LogP contribution in [-0.2, 0) is 4.79 Å². The first-order valence-corrected chi connectivity index (χ1v) is 5.62. The molecule has 1 unspecified atom stereocenters. The summed E-state index contributed by atoms with van der Waals surface area (Å²) in [4.78, 5) is 10.6. The number of fused-ring (bicyclic) bond motifs is 1. The minimum Gasteiger partial charge on any atom is -0.493 e. The molecule has 0 amide bonds. The molecule has 0 aliphatic carbocycles. The molecule has 0 spiro atoms. The molecule has 3 heteroatoms. The van der Waals surface area contributed by atoms with Crippen molar-refractivity contribution in [1.29, 1.82) is 0 Å². The lowest BCUT2D eigenvalue weighted by Gasteiger charge is -2.04. The molecule has 1 aromatic carbocycles. The van der Waals surface area contributed by atoms with E-state index in [1.54, 1.807) is 0 Å². The third kappa shape index (κ3) is 2.75. The Balaban J connectivity index is 0.000000606. The topological polar surface area (TPSA) is 46.5 Å². The van der Waals surface area contributed by atoms with Gasteiger partial charge in [0.1, 0.15) is 5.75 Å². The van der Waals surface area contributed by atoms with Gasteiger partial charge in [0.2, 0.25) is 0 Å². The highest BCUT2D eigenvalue weighted by Crippen LogP contribution is 2.36. The van der Waals surface area contributed by atoms with E-state index in [9.17, 15) is 4.79 Å². The number of hydrogen-bond acceptors (Lipinski definition) is 2. The maximum absolute atomic E-state index is 10.6. The molecule has 0 saturated heterocycles. The number of carboxylic acids is 1. The van der Waals surface area contributed by atoms with Gasteiger partial charge in [-0.15, -0.1) is 0 Å². The molecule has 0 radical (unpaired) electrons. The van der Waals surface area contributed by atoms with Crippen LogP contribution in [0.1, 0.15) is 37.3 Å². The fourth-order valence-electron chi connectivity index (χ4n) is 1.78. The van der Waals surface area contributed by atoms with Crippen molar-refractivity contribution in [1.82, 2.24) is 0 Å². The average Bonchev–Trinajstić information content (AvgIpc) is 2.63. The van der Waals surface area contributed by atoms with Crippen molar-refractivity contribution in [3.63, 3.8) is 0 Å². The molecule has 0 saturated carbocycles. The minimum absolute atomic E-state index is 0.0161. The largest absolute Gasteiger partial charge is 0.493 e. The number of rotatable bonds is 2. The van der Waals surface area contributed by atoms with E-state index in [0.717, 1.165) is 16.9 Å². The molecule has 0 bridgehead atoms. The van der Waals surface area contributed by atoms with Gasteiger partial charge in [0.25, 0.3) is 0 Å². The predicted molar refractivity (Wildman–Crippen MR) is 63.0 cm³/mol. The van der Waals surface area contributed by atoms with Crippen LogP contribution in [0, 0.1) is 6.92 Å². The summed E-state index contributed by atoms with van der Waals surface area (Å²) in [7, 11) is 0. The summed E-state index contributed by atoms with van der Waals surface area (Å²) in [6, 6.07) is 5.89. The van der Waals surface area contributed by atoms with Gasteiger partial charge in [-0.3, -0.25) is 4.79 Å². The zero-order chi connectivity index (χ0) is 12.1. The maximum Gasteiger partial charge on any atom is 0.304 e. The van der Waals surface area contributed by atoms with E-state index in [4.69, 9.17) is 9.84 Å². The summed E-state index contributed by atoms with van der Waals surface area (Å²) in [5, 5.41) is 8.71. The molecule has 1 aromatic rings. The van der Waals surface area contributed by atoms with Crippen LogP contribution < -0.4 is 4.74 Å². The first-order valence-electron chi connectivity index (χ1n) is 5.62. The van der Waals surface area contributed by atoms with Gasteiger partial charge < -0.3 is 9.84 Å². The Morgan fingerprint density at radius 2 is 2.19 bits per heavy atom. The minimum atomic E-state index is -0.770. The summed E-state index contributed by atoms with van der Waals surface area (Å²) >= 11 is 0. The summed E-state index contributed by atoms with van der Waals surface area (Å²) in [6.07, 6.45) is 0.149. The van der Waals surface area contributed by atoms with Crippen molar-refractivity contribution in [3.8, 4) is 5.75 Å². The third-order valence-corrected chi connectivity index (χ3v) is 2.47. The first-order chi connectivity index (χ1) is 7.66. The predicted octanol–water partition coefficient (Wildman–Crippen LogP) is 2.97. The van der Waals surface area contributed by atoms with E-state index in [2.05, 4.69) is 0 Å². The summed E-state index contributed by atoms with van der Waals surface area (Å²) in [5.74, 6) is 0.0807. The Kier molecular flexibility index (Phi) is 4.35. The van der Waals surface area contributed by atoms with Crippen LogP contribution in [0.2, 0.25) is 0 Å². The number of hydrogen-bond donors (Lipinski definition) is 1. The quantitative estimate of drug-likeness (QED) is 0.836. The van der Waals surface area contributed by atoms with Gasteiger partial charge in [0.05, 0.1) is 13.0 Å². The number of aliphatic carboxylic acids is 1. The van der Waals surface area contributed by atoms with E-state index in [1.165, 1.54) is 0 Å². The lowest BCUT2D eigenvalue weighted by Crippen LogP contribution is -2.07. The van der Waals surface area contributed by atoms with Crippen LogP contribution in [0.4, 0.5) is 0 Å². The van der Waals surface area contributed by atoms with E-state index in [1.807, 2.05) is 39.0 Å². The number of benzene rings is 1. The Morgan fingerprint density at radius 1 is 1.50 bits per heavy atom. The molecular formula is C13H18O3. The van der Waals surface area contributed by atoms with Crippen LogP contribution in [0.15, 0.2) is 18.2 Å². The van der Waals surface area contributed by atoms with Crippen LogP contribution in [0.3, 0.4) is 0 Å². The average molecular weight is 222 g/mol. The monoisotopic (exact) mass is 222 g/mol. The van der Waals surface area contributed by atoms with E-state index in [0.29, 0.717) is 6.61 Å². The third-order valence-electron chi connectivity index (χ3n) is 2.47. The molecule has 1 aliphatic heterocycles. The van der Waals surface area contributed by atoms with Crippen molar-refractivity contribution in [2.24, 2.45) is 0 Å². The van der Waals surface area contributed by atoms with E-state index >= 15 is 0 Å². The molecule has 1 N–H and O–H groups in total. The Labute approximate surface area is 96.1 Å². The van der Waals surface area contributed by atoms with Crippen molar-refractivity contribution < 1.29 is 14.6 Å². The highest BCUT2D eigenvalue weighted by Gasteiger charge is 2.25. The summed E-state index contributed by atoms with van der Waals surface area (Å²) in [6.45, 7) is 6.49. The molecule has 2 rings (SSSR count). The normalized spacial score (nSPS) is 16.8. The van der Waals surface area contributed by atoms with Gasteiger partial charge in [-0.05, 0) is 13.0 Å². The van der Waals surface area contributed by atoms with Gasteiger partial charge in [-0.2, -0.15) is 0 Å². The maximum atomic E-state index is 10.6. The highest BCUT2D eigenvalue weighted by atomic mass is 16.5. The van der Waals surface area contributed by atoms with Crippen molar-refractivity contribution >= 4 is 5.97 Å². The van der Waals surface area contributed by atoms with Gasteiger partial charge in [0.15, 0.2) is 0 Å². The second kappa shape index (κ2) is 5.54. The second-order valence-electron chi connectivity index (χ2n) is 3.65. The first kappa shape index (κ1) is 12.6. The Hall–Kier alpha value is -1.51. The zero-order valence-corrected chi connectivity index (χ0v) is 9.99. The summed E-state index contributed by atoms with van der Waals surface area (Å²) < 4.78 is 5.40. The lowest BCUT2D eigenvalue weighted by molar-refractivity contribution is -0.137. The number of carbonyl (C=O) groups is 1. The number of ether oxygens (including phenoxy) is 1. The lowest BCUT2D eigenvalue weighted by atomic mass is 9.96. The van der Waals surface area contributed by atoms with Crippen molar-refractivity contribution in [2.75, 3.05) is 6.61 Å². The molecule has 16 heavy (non-hydrogen) atoms. The molecule has 0 fully saturated rings. The SMILES string of the molecule is CC.Cc1ccc2c(c1)C(CC(=O)O)CO2. The van der Waals surface area contributed by atoms with Crippen LogP contribution in [-0.4, -0.2) is 17.7 Å². The smallest absolute Gasteiger partial charge is 0.304 e. The molecular weight excluding hydrogens is 204 g/mol. The molecule has 0 aromatic heterocycles. The van der Waals surface area contributed by atoms with Crippen LogP contribution in [0.5, 0.6) is 5.75 Å². The molecule has 88 valence electrons. The molecule has 1 atom stereocenters. The van der Waals surface area contributed by atoms with Crippen LogP contribution in [0.25, 0.3) is 0 Å². The van der Waals surface area contributed by atoms with Gasteiger partial charge in [0, 0.05) is 11.5 Å². The van der Waals surface area contributed by atoms with Crippen molar-refractivity contribution in [3.05, 3.63) is 29.3 Å². The Bertz CT molecular complexity index is 371. The zero-order valence-electron chi connectivity index (χ0n) is 9.99. The van der Waals surface area contributed by atoms with Gasteiger partial charge in [-0.1, -0.05) is 31.5 Å². The molecule has 1 aliphatic rings. The fraction of sp³-hybridized carbons (Fsp3) is 0.462. The number of aryl methyl sites for hydroxylation is 1. The second-order valence-corrected chi connectivity index (χ2v) is 3.65. The van der Waals surface area contributed by atoms with Crippen molar-refractivity contribution in [2.45, 2.75) is 33.1 Å². The molecule has 3 nitrogen and oxygen atoms in total. The van der Waals surface area contributed by atoms with Gasteiger partial charge in [-0.25, -0.2) is 0 Å². The van der Waals surface area contributed by atoms with E-state index < -0.39 is 5.97 Å². The fourth-order valence-corrected chi connectivity index (χ4v) is 1.78. The molecule has 1 heterocycles. The standard InChI is InChI=1S/C11H12O3.C2H6/c1-7-2-3-10-9(4-7)8(6-14-10)5-11(12)13;1-2/h2-4,8H,5-6H2,1H3,(H,12,13);1-2H3. The number of carboxylic acid groups (broad SMARTS) is 1.